The van der Waals surface area contributed by atoms with E-state index in [1.807, 2.05) is 54.6 Å². The SMILES string of the molecule is CN(c1ccc(CC(=O)Nc2ccccc2Sc2ccccc2)cc1)S(=O)(=O)c1ccccc1. The number of amides is 1. The number of carbonyl (C=O) groups excluding carboxylic acids is 1. The van der Waals surface area contributed by atoms with E-state index in [0.29, 0.717) is 5.69 Å². The molecule has 0 aliphatic rings. The lowest BCUT2D eigenvalue weighted by Gasteiger charge is -2.19. The second-order valence-electron chi connectivity index (χ2n) is 7.59. The summed E-state index contributed by atoms with van der Waals surface area (Å²) in [7, 11) is -2.13. The average Bonchev–Trinajstić information content (AvgIpc) is 2.86. The Hall–Kier alpha value is -3.55. The number of benzene rings is 4. The molecule has 4 aromatic carbocycles. The molecule has 0 spiro atoms. The van der Waals surface area contributed by atoms with Crippen molar-refractivity contribution in [2.75, 3.05) is 16.7 Å². The minimum absolute atomic E-state index is 0.140. The van der Waals surface area contributed by atoms with Crippen molar-refractivity contribution in [3.63, 3.8) is 0 Å². The summed E-state index contributed by atoms with van der Waals surface area (Å²) in [6, 6.07) is 33.0. The summed E-state index contributed by atoms with van der Waals surface area (Å²) in [4.78, 5) is 15.0. The van der Waals surface area contributed by atoms with Crippen LogP contribution in [-0.2, 0) is 21.2 Å². The third-order valence-corrected chi connectivity index (χ3v) is 8.08. The Labute approximate surface area is 204 Å². The summed E-state index contributed by atoms with van der Waals surface area (Å²) in [5.41, 5.74) is 2.07. The van der Waals surface area contributed by atoms with E-state index >= 15 is 0 Å². The molecule has 4 aromatic rings. The van der Waals surface area contributed by atoms with Crippen molar-refractivity contribution in [1.29, 1.82) is 0 Å². The Morgan fingerprint density at radius 2 is 1.38 bits per heavy atom. The van der Waals surface area contributed by atoms with Crippen LogP contribution in [0.25, 0.3) is 0 Å². The van der Waals surface area contributed by atoms with Crippen molar-refractivity contribution in [2.45, 2.75) is 21.1 Å². The number of carbonyl (C=O) groups is 1. The summed E-state index contributed by atoms with van der Waals surface area (Å²) in [5.74, 6) is -0.140. The fourth-order valence-electron chi connectivity index (χ4n) is 3.37. The predicted molar refractivity (Wildman–Crippen MR) is 138 cm³/mol. The number of rotatable bonds is 8. The van der Waals surface area contributed by atoms with Gasteiger partial charge in [0.25, 0.3) is 10.0 Å². The first-order chi connectivity index (χ1) is 16.4. The number of sulfonamides is 1. The minimum atomic E-state index is -3.65. The fraction of sp³-hybridized carbons (Fsp3) is 0.0741. The first-order valence-electron chi connectivity index (χ1n) is 10.7. The first kappa shape index (κ1) is 23.6. The minimum Gasteiger partial charge on any atom is -0.325 e. The van der Waals surface area contributed by atoms with Crippen LogP contribution in [0.1, 0.15) is 5.56 Å². The van der Waals surface area contributed by atoms with Crippen molar-refractivity contribution in [3.05, 3.63) is 115 Å². The number of hydrogen-bond acceptors (Lipinski definition) is 4. The molecule has 1 amide bonds. The maximum absolute atomic E-state index is 12.8. The van der Waals surface area contributed by atoms with Crippen molar-refractivity contribution < 1.29 is 13.2 Å². The quantitative estimate of drug-likeness (QED) is 0.338. The van der Waals surface area contributed by atoms with Gasteiger partial charge >= 0.3 is 0 Å². The van der Waals surface area contributed by atoms with Gasteiger partial charge in [0.1, 0.15) is 0 Å². The molecule has 0 heterocycles. The molecular weight excluding hydrogens is 464 g/mol. The molecule has 7 heteroatoms. The molecule has 0 unspecified atom stereocenters. The zero-order chi connectivity index (χ0) is 24.0. The highest BCUT2D eigenvalue weighted by Crippen LogP contribution is 2.33. The van der Waals surface area contributed by atoms with Gasteiger partial charge in [0.2, 0.25) is 5.91 Å². The van der Waals surface area contributed by atoms with Crippen LogP contribution in [0.4, 0.5) is 11.4 Å². The standard InChI is InChI=1S/C27H24N2O3S2/c1-29(34(31,32)24-12-6-3-7-13-24)22-18-16-21(17-19-22)20-27(30)28-25-14-8-9-15-26(25)33-23-10-4-2-5-11-23/h2-19H,20H2,1H3,(H,28,30). The van der Waals surface area contributed by atoms with Crippen molar-refractivity contribution >= 4 is 39.1 Å². The maximum Gasteiger partial charge on any atom is 0.264 e. The van der Waals surface area contributed by atoms with Crippen molar-refractivity contribution in [2.24, 2.45) is 0 Å². The van der Waals surface area contributed by atoms with Gasteiger partial charge in [0.15, 0.2) is 0 Å². The van der Waals surface area contributed by atoms with E-state index in [9.17, 15) is 13.2 Å². The molecule has 5 nitrogen and oxygen atoms in total. The van der Waals surface area contributed by atoms with Gasteiger partial charge < -0.3 is 5.32 Å². The van der Waals surface area contributed by atoms with Crippen LogP contribution in [0, 0.1) is 0 Å². The molecule has 0 saturated heterocycles. The Morgan fingerprint density at radius 3 is 2.06 bits per heavy atom. The molecule has 172 valence electrons. The molecule has 0 fully saturated rings. The van der Waals surface area contributed by atoms with Crippen LogP contribution in [-0.4, -0.2) is 21.4 Å². The van der Waals surface area contributed by atoms with E-state index in [-0.39, 0.29) is 17.2 Å². The van der Waals surface area contributed by atoms with E-state index in [2.05, 4.69) is 5.32 Å². The zero-order valence-electron chi connectivity index (χ0n) is 18.6. The largest absolute Gasteiger partial charge is 0.325 e. The summed E-state index contributed by atoms with van der Waals surface area (Å²) in [6.45, 7) is 0. The van der Waals surface area contributed by atoms with Gasteiger partial charge in [-0.2, -0.15) is 0 Å². The third kappa shape index (κ3) is 5.68. The average molecular weight is 489 g/mol. The predicted octanol–water partition coefficient (Wildman–Crippen LogP) is 5.84. The fourth-order valence-corrected chi connectivity index (χ4v) is 5.51. The number of nitrogens with zero attached hydrogens (tertiary/aromatic N) is 1. The molecular formula is C27H24N2O3S2. The zero-order valence-corrected chi connectivity index (χ0v) is 20.2. The van der Waals surface area contributed by atoms with E-state index < -0.39 is 10.0 Å². The molecule has 0 saturated carbocycles. The van der Waals surface area contributed by atoms with Gasteiger partial charge in [-0.25, -0.2) is 8.42 Å². The maximum atomic E-state index is 12.8. The Balaban J connectivity index is 1.42. The van der Waals surface area contributed by atoms with Crippen LogP contribution in [0.2, 0.25) is 0 Å². The summed E-state index contributed by atoms with van der Waals surface area (Å²) >= 11 is 1.59. The van der Waals surface area contributed by atoms with Crippen molar-refractivity contribution in [3.8, 4) is 0 Å². The van der Waals surface area contributed by atoms with Crippen LogP contribution in [0.5, 0.6) is 0 Å². The van der Waals surface area contributed by atoms with E-state index in [1.54, 1.807) is 66.4 Å². The molecule has 0 aliphatic heterocycles. The highest BCUT2D eigenvalue weighted by Gasteiger charge is 2.20. The monoisotopic (exact) mass is 488 g/mol. The van der Waals surface area contributed by atoms with Crippen LogP contribution in [0.15, 0.2) is 124 Å². The highest BCUT2D eigenvalue weighted by atomic mass is 32.2. The van der Waals surface area contributed by atoms with Crippen LogP contribution in [0.3, 0.4) is 0 Å². The third-order valence-electron chi connectivity index (χ3n) is 5.20. The van der Waals surface area contributed by atoms with Gasteiger partial charge in [-0.1, -0.05) is 72.4 Å². The molecule has 1 N–H and O–H groups in total. The second-order valence-corrected chi connectivity index (χ2v) is 10.7. The summed E-state index contributed by atoms with van der Waals surface area (Å²) in [6.07, 6.45) is 0.180. The van der Waals surface area contributed by atoms with Gasteiger partial charge in [-0.05, 0) is 54.1 Å². The molecule has 0 atom stereocenters. The normalized spacial score (nSPS) is 11.1. The van der Waals surface area contributed by atoms with Gasteiger partial charge in [-0.3, -0.25) is 9.10 Å². The lowest BCUT2D eigenvalue weighted by molar-refractivity contribution is -0.115. The lowest BCUT2D eigenvalue weighted by Crippen LogP contribution is -2.26. The molecule has 34 heavy (non-hydrogen) atoms. The molecule has 0 bridgehead atoms. The van der Waals surface area contributed by atoms with Crippen LogP contribution >= 0.6 is 11.8 Å². The molecule has 0 aromatic heterocycles. The van der Waals surface area contributed by atoms with Gasteiger partial charge in [-0.15, -0.1) is 0 Å². The lowest BCUT2D eigenvalue weighted by atomic mass is 10.1. The Kier molecular flexibility index (Phi) is 7.35. The Bertz CT molecular complexity index is 1360. The Morgan fingerprint density at radius 1 is 0.794 bits per heavy atom. The van der Waals surface area contributed by atoms with E-state index in [0.717, 1.165) is 21.0 Å². The van der Waals surface area contributed by atoms with Crippen molar-refractivity contribution in [1.82, 2.24) is 0 Å². The number of para-hydroxylation sites is 1. The highest BCUT2D eigenvalue weighted by molar-refractivity contribution is 7.99. The number of anilines is 2. The van der Waals surface area contributed by atoms with Gasteiger partial charge in [0.05, 0.1) is 22.7 Å². The summed E-state index contributed by atoms with van der Waals surface area (Å²) in [5, 5.41) is 3.00. The van der Waals surface area contributed by atoms with Crippen LogP contribution < -0.4 is 9.62 Å². The second kappa shape index (κ2) is 10.6. The first-order valence-corrected chi connectivity index (χ1v) is 12.9. The summed E-state index contributed by atoms with van der Waals surface area (Å²) < 4.78 is 26.9. The van der Waals surface area contributed by atoms with Gasteiger partial charge in [0, 0.05) is 16.8 Å². The molecule has 0 aliphatic carbocycles. The number of nitrogens with one attached hydrogen (secondary N) is 1. The van der Waals surface area contributed by atoms with E-state index in [4.69, 9.17) is 0 Å². The smallest absolute Gasteiger partial charge is 0.264 e. The van der Waals surface area contributed by atoms with E-state index in [1.165, 1.54) is 11.4 Å². The number of hydrogen-bond donors (Lipinski definition) is 1. The molecule has 4 rings (SSSR count). The molecule has 0 radical (unpaired) electrons. The topological polar surface area (TPSA) is 66.5 Å².